The highest BCUT2D eigenvalue weighted by molar-refractivity contribution is 6.09. The molecule has 5 N–H and O–H groups in total. The molecule has 0 aromatic heterocycles. The maximum absolute atomic E-state index is 13.7. The van der Waals surface area contributed by atoms with E-state index in [2.05, 4.69) is 16.0 Å². The van der Waals surface area contributed by atoms with E-state index >= 15 is 0 Å². The first-order valence-electron chi connectivity index (χ1n) is 15.7. The van der Waals surface area contributed by atoms with Gasteiger partial charge in [-0.3, -0.25) is 14.4 Å². The van der Waals surface area contributed by atoms with Crippen molar-refractivity contribution in [3.63, 3.8) is 0 Å². The molecule has 238 valence electrons. The molecular formula is C36H37N3O7. The fourth-order valence-electron chi connectivity index (χ4n) is 8.22. The van der Waals surface area contributed by atoms with Gasteiger partial charge in [0.15, 0.2) is 0 Å². The fourth-order valence-corrected chi connectivity index (χ4v) is 8.22. The third kappa shape index (κ3) is 6.80. The van der Waals surface area contributed by atoms with Gasteiger partial charge in [-0.05, 0) is 97.6 Å². The molecule has 0 radical (unpaired) electrons. The molecule has 0 heterocycles. The summed E-state index contributed by atoms with van der Waals surface area (Å²) in [5.41, 5.74) is 0.536. The van der Waals surface area contributed by atoms with E-state index in [9.17, 15) is 34.2 Å². The molecule has 3 amide bonds. The fraction of sp³-hybridized carbons (Fsp3) is 0.361. The quantitative estimate of drug-likeness (QED) is 0.201. The Labute approximate surface area is 266 Å². The van der Waals surface area contributed by atoms with Crippen LogP contribution in [0.5, 0.6) is 0 Å². The summed E-state index contributed by atoms with van der Waals surface area (Å²) in [7, 11) is 0. The topological polar surface area (TPSA) is 162 Å². The molecule has 1 atom stereocenters. The molecule has 7 rings (SSSR count). The van der Waals surface area contributed by atoms with Crippen LogP contribution in [0.4, 0.5) is 5.69 Å². The highest BCUT2D eigenvalue weighted by Gasteiger charge is 2.50. The van der Waals surface area contributed by atoms with Gasteiger partial charge in [-0.2, -0.15) is 0 Å². The molecule has 0 saturated heterocycles. The van der Waals surface area contributed by atoms with Gasteiger partial charge < -0.3 is 26.2 Å². The summed E-state index contributed by atoms with van der Waals surface area (Å²) in [6.45, 7) is 0.581. The summed E-state index contributed by atoms with van der Waals surface area (Å²) in [4.78, 5) is 64.0. The van der Waals surface area contributed by atoms with Crippen LogP contribution in [-0.2, 0) is 11.2 Å². The monoisotopic (exact) mass is 623 g/mol. The first-order valence-corrected chi connectivity index (χ1v) is 15.7. The predicted octanol–water partition coefficient (Wildman–Crippen LogP) is 5.01. The van der Waals surface area contributed by atoms with Gasteiger partial charge in [-0.1, -0.05) is 42.5 Å². The lowest BCUT2D eigenvalue weighted by molar-refractivity contribution is -0.118. The summed E-state index contributed by atoms with van der Waals surface area (Å²) >= 11 is 0. The van der Waals surface area contributed by atoms with Crippen LogP contribution in [0.25, 0.3) is 0 Å². The normalized spacial score (nSPS) is 23.3. The number of hydrogen-bond donors (Lipinski definition) is 5. The smallest absolute Gasteiger partial charge is 0.335 e. The molecule has 46 heavy (non-hydrogen) atoms. The van der Waals surface area contributed by atoms with E-state index in [1.54, 1.807) is 48.5 Å². The van der Waals surface area contributed by atoms with Gasteiger partial charge in [0.05, 0.1) is 22.3 Å². The van der Waals surface area contributed by atoms with Crippen LogP contribution in [-0.4, -0.2) is 52.5 Å². The van der Waals surface area contributed by atoms with Crippen LogP contribution in [0.3, 0.4) is 0 Å². The predicted molar refractivity (Wildman–Crippen MR) is 170 cm³/mol. The Kier molecular flexibility index (Phi) is 8.62. The number of carboxylic acid groups (broad SMARTS) is 2. The molecule has 4 aliphatic carbocycles. The number of hydrogen-bond acceptors (Lipinski definition) is 5. The molecule has 4 saturated carbocycles. The van der Waals surface area contributed by atoms with Crippen LogP contribution >= 0.6 is 0 Å². The molecular weight excluding hydrogens is 586 g/mol. The van der Waals surface area contributed by atoms with Crippen molar-refractivity contribution in [3.8, 4) is 0 Å². The highest BCUT2D eigenvalue weighted by Crippen LogP contribution is 2.59. The molecule has 0 unspecified atom stereocenters. The van der Waals surface area contributed by atoms with Crippen molar-refractivity contribution in [2.75, 3.05) is 11.9 Å². The van der Waals surface area contributed by atoms with Gasteiger partial charge in [0.1, 0.15) is 6.04 Å². The number of anilines is 1. The minimum absolute atomic E-state index is 0.0425. The number of nitrogens with one attached hydrogen (secondary N) is 3. The lowest BCUT2D eigenvalue weighted by atomic mass is 9.49. The molecule has 0 spiro atoms. The number of aromatic carboxylic acids is 2. The maximum atomic E-state index is 13.7. The van der Waals surface area contributed by atoms with E-state index in [0.29, 0.717) is 6.54 Å². The Morgan fingerprint density at radius 3 is 1.78 bits per heavy atom. The van der Waals surface area contributed by atoms with Gasteiger partial charge in [-0.15, -0.1) is 0 Å². The lowest BCUT2D eigenvalue weighted by Gasteiger charge is -2.56. The Morgan fingerprint density at radius 2 is 1.24 bits per heavy atom. The van der Waals surface area contributed by atoms with E-state index in [1.807, 2.05) is 6.07 Å². The van der Waals surface area contributed by atoms with Crippen LogP contribution < -0.4 is 16.0 Å². The van der Waals surface area contributed by atoms with Crippen LogP contribution in [0.1, 0.15) is 85.5 Å². The first kappa shape index (κ1) is 31.0. The van der Waals surface area contributed by atoms with Gasteiger partial charge in [-0.25, -0.2) is 9.59 Å². The molecule has 3 aromatic rings. The summed E-state index contributed by atoms with van der Waals surface area (Å²) in [6.07, 6.45) is 7.42. The van der Waals surface area contributed by atoms with Crippen molar-refractivity contribution < 1.29 is 34.2 Å². The summed E-state index contributed by atoms with van der Waals surface area (Å²) in [5, 5.41) is 27.3. The van der Waals surface area contributed by atoms with Crippen molar-refractivity contribution in [1.29, 1.82) is 0 Å². The highest BCUT2D eigenvalue weighted by atomic mass is 16.4. The van der Waals surface area contributed by atoms with E-state index in [-0.39, 0.29) is 45.7 Å². The second kappa shape index (κ2) is 12.8. The summed E-state index contributed by atoms with van der Waals surface area (Å²) < 4.78 is 0. The largest absolute Gasteiger partial charge is 0.478 e. The number of amides is 3. The van der Waals surface area contributed by atoms with E-state index in [1.165, 1.54) is 19.3 Å². The number of rotatable bonds is 11. The van der Waals surface area contributed by atoms with Crippen molar-refractivity contribution in [1.82, 2.24) is 10.6 Å². The molecule has 10 heteroatoms. The van der Waals surface area contributed by atoms with Crippen molar-refractivity contribution in [2.24, 2.45) is 23.2 Å². The number of carboxylic acids is 2. The summed E-state index contributed by atoms with van der Waals surface area (Å²) in [6, 6.07) is 17.7. The Bertz CT molecular complexity index is 1620. The minimum atomic E-state index is -1.36. The number of carbonyl (C=O) groups is 5. The molecule has 10 nitrogen and oxygen atoms in total. The van der Waals surface area contributed by atoms with Crippen LogP contribution in [0, 0.1) is 23.2 Å². The van der Waals surface area contributed by atoms with E-state index in [0.717, 1.165) is 60.8 Å². The second-order valence-electron chi connectivity index (χ2n) is 13.3. The Balaban J connectivity index is 1.20. The average Bonchev–Trinajstić information content (AvgIpc) is 3.03. The van der Waals surface area contributed by atoms with Gasteiger partial charge in [0.25, 0.3) is 11.8 Å². The number of benzene rings is 3. The molecule has 0 aliphatic heterocycles. The van der Waals surface area contributed by atoms with Crippen molar-refractivity contribution >= 4 is 35.3 Å². The third-order valence-electron chi connectivity index (χ3n) is 9.80. The Morgan fingerprint density at radius 1 is 0.717 bits per heavy atom. The zero-order valence-corrected chi connectivity index (χ0v) is 25.3. The van der Waals surface area contributed by atoms with Crippen LogP contribution in [0.15, 0.2) is 72.8 Å². The zero-order chi connectivity index (χ0) is 32.4. The molecule has 4 aliphatic rings. The molecule has 4 bridgehead atoms. The summed E-state index contributed by atoms with van der Waals surface area (Å²) in [5.74, 6) is -2.11. The van der Waals surface area contributed by atoms with Crippen molar-refractivity contribution in [3.05, 3.63) is 101 Å². The van der Waals surface area contributed by atoms with Crippen molar-refractivity contribution in [2.45, 2.75) is 51.0 Å². The molecule has 3 aromatic carbocycles. The maximum Gasteiger partial charge on any atom is 0.335 e. The van der Waals surface area contributed by atoms with E-state index in [4.69, 9.17) is 0 Å². The minimum Gasteiger partial charge on any atom is -0.478 e. The average molecular weight is 624 g/mol. The third-order valence-corrected chi connectivity index (χ3v) is 9.80. The first-order chi connectivity index (χ1) is 22.1. The van der Waals surface area contributed by atoms with E-state index < -0.39 is 29.8 Å². The standard InChI is InChI=1S/C36H37N3O7/c40-31(37-20-36-17-22-10-23(18-36)12-24(11-22)19-36)28-8-4-5-9-29(28)32(41)39-30(13-21-6-2-1-3-7-21)33(42)38-27-15-25(34(43)44)14-26(16-27)35(45)46/h1-9,14-16,22-24,30H,10-13,17-20H2,(H,37,40)(H,38,42)(H,39,41)(H,43,44)(H,45,46)/t22?,23?,24?,30-,36?/m0/s1. The SMILES string of the molecule is O=C(O)c1cc(NC(=O)[C@H](Cc2ccccc2)NC(=O)c2ccccc2C(=O)NCC23CC4CC(CC(C4)C2)C3)cc(C(=O)O)c1. The number of carbonyl (C=O) groups excluding carboxylic acids is 3. The second-order valence-corrected chi connectivity index (χ2v) is 13.3. The lowest BCUT2D eigenvalue weighted by Crippen LogP contribution is -2.51. The zero-order valence-electron chi connectivity index (χ0n) is 25.3. The van der Waals surface area contributed by atoms with Gasteiger partial charge >= 0.3 is 11.9 Å². The molecule has 4 fully saturated rings. The van der Waals surface area contributed by atoms with Crippen LogP contribution in [0.2, 0.25) is 0 Å². The van der Waals surface area contributed by atoms with Gasteiger partial charge in [0, 0.05) is 18.7 Å². The Hall–Kier alpha value is -4.99. The van der Waals surface area contributed by atoms with Gasteiger partial charge in [0.2, 0.25) is 5.91 Å².